The van der Waals surface area contributed by atoms with Gasteiger partial charge in [-0.15, -0.1) is 0 Å². The van der Waals surface area contributed by atoms with Crippen LogP contribution in [0.25, 0.3) is 16.9 Å². The van der Waals surface area contributed by atoms with E-state index in [-0.39, 0.29) is 6.54 Å². The van der Waals surface area contributed by atoms with Gasteiger partial charge in [-0.05, 0) is 30.7 Å². The summed E-state index contributed by atoms with van der Waals surface area (Å²) < 4.78 is 1.84. The number of aryl methyl sites for hydroxylation is 1. The van der Waals surface area contributed by atoms with Crippen LogP contribution in [0.5, 0.6) is 0 Å². The summed E-state index contributed by atoms with van der Waals surface area (Å²) in [5.41, 5.74) is 9.21. The number of carbonyl (C=O) groups excluding carboxylic acids is 1. The van der Waals surface area contributed by atoms with Crippen LogP contribution in [-0.4, -0.2) is 31.6 Å². The van der Waals surface area contributed by atoms with Crippen LogP contribution in [0.15, 0.2) is 60.8 Å². The van der Waals surface area contributed by atoms with Crippen LogP contribution in [-0.2, 0) is 13.1 Å². The Bertz CT molecular complexity index is 1300. The molecule has 0 fully saturated rings. The molecule has 0 bridgehead atoms. The molecule has 0 saturated heterocycles. The third kappa shape index (κ3) is 4.22. The first-order valence-corrected chi connectivity index (χ1v) is 9.96. The summed E-state index contributed by atoms with van der Waals surface area (Å²) in [4.78, 5) is 32.0. The molecule has 2 heterocycles. The Hall–Kier alpha value is -4.40. The van der Waals surface area contributed by atoms with Crippen molar-refractivity contribution in [2.24, 2.45) is 5.73 Å². The lowest BCUT2D eigenvalue weighted by molar-refractivity contribution is 0.100. The minimum absolute atomic E-state index is 0.0595. The molecule has 0 radical (unpaired) electrons. The second kappa shape index (κ2) is 8.76. The summed E-state index contributed by atoms with van der Waals surface area (Å²) in [6, 6.07) is 17.0. The van der Waals surface area contributed by atoms with Gasteiger partial charge in [0.2, 0.25) is 11.9 Å². The number of primary amides is 1. The molecule has 0 aliphatic carbocycles. The van der Waals surface area contributed by atoms with E-state index in [9.17, 15) is 9.59 Å². The number of amides is 2. The van der Waals surface area contributed by atoms with Crippen molar-refractivity contribution in [3.8, 4) is 5.95 Å². The Kier molecular flexibility index (Phi) is 5.71. The lowest BCUT2D eigenvalue weighted by Gasteiger charge is -2.14. The largest absolute Gasteiger partial charge is 0.465 e. The smallest absolute Gasteiger partial charge is 0.404 e. The SMILES string of the molecule is Cc1cc2c(C(N)=O)cccc2n1-c1ncc(CNC(=O)O)c(NCc2ccccc2)n1. The highest BCUT2D eigenvalue weighted by molar-refractivity contribution is 6.06. The number of nitrogens with one attached hydrogen (secondary N) is 2. The van der Waals surface area contributed by atoms with Crippen molar-refractivity contribution >= 4 is 28.7 Å². The molecule has 2 aromatic carbocycles. The topological polar surface area (TPSA) is 135 Å². The summed E-state index contributed by atoms with van der Waals surface area (Å²) in [6.45, 7) is 2.46. The molecule has 2 aromatic heterocycles. The van der Waals surface area contributed by atoms with Gasteiger partial charge in [0.1, 0.15) is 5.82 Å². The van der Waals surface area contributed by atoms with E-state index >= 15 is 0 Å². The standard InChI is InChI=1S/C23H22N6O3/c1-14-10-18-17(20(24)30)8-5-9-19(18)29(14)22-26-12-16(13-27-23(31)32)21(28-22)25-11-15-6-3-2-4-7-15/h2-10,12,27H,11,13H2,1H3,(H2,24,30)(H,31,32)(H,25,26,28). The summed E-state index contributed by atoms with van der Waals surface area (Å²) in [5.74, 6) is 0.405. The van der Waals surface area contributed by atoms with Gasteiger partial charge in [0.05, 0.1) is 12.1 Å². The van der Waals surface area contributed by atoms with Crippen LogP contribution in [0.1, 0.15) is 27.2 Å². The molecule has 2 amide bonds. The van der Waals surface area contributed by atoms with Gasteiger partial charge in [0.15, 0.2) is 0 Å². The van der Waals surface area contributed by atoms with Crippen molar-refractivity contribution in [3.05, 3.63) is 83.2 Å². The molecule has 9 nitrogen and oxygen atoms in total. The maximum atomic E-state index is 11.8. The molecule has 9 heteroatoms. The predicted octanol–water partition coefficient (Wildman–Crippen LogP) is 3.21. The quantitative estimate of drug-likeness (QED) is 0.356. The highest BCUT2D eigenvalue weighted by Crippen LogP contribution is 2.26. The molecular weight excluding hydrogens is 408 g/mol. The molecule has 0 aliphatic rings. The first-order chi connectivity index (χ1) is 15.4. The van der Waals surface area contributed by atoms with E-state index in [2.05, 4.69) is 20.6 Å². The molecule has 0 aliphatic heterocycles. The van der Waals surface area contributed by atoms with E-state index < -0.39 is 12.0 Å². The zero-order chi connectivity index (χ0) is 22.7. The number of benzene rings is 2. The fraction of sp³-hybridized carbons (Fsp3) is 0.130. The zero-order valence-electron chi connectivity index (χ0n) is 17.4. The lowest BCUT2D eigenvalue weighted by Crippen LogP contribution is -2.21. The van der Waals surface area contributed by atoms with Gasteiger partial charge < -0.3 is 21.5 Å². The maximum Gasteiger partial charge on any atom is 0.404 e. The molecule has 32 heavy (non-hydrogen) atoms. The van der Waals surface area contributed by atoms with E-state index in [0.29, 0.717) is 29.4 Å². The first kappa shape index (κ1) is 20.9. The summed E-state index contributed by atoms with van der Waals surface area (Å²) in [5, 5.41) is 15.3. The normalized spacial score (nSPS) is 10.8. The molecule has 0 unspecified atom stereocenters. The second-order valence-electron chi connectivity index (χ2n) is 7.27. The van der Waals surface area contributed by atoms with Crippen LogP contribution in [0.4, 0.5) is 10.6 Å². The van der Waals surface area contributed by atoms with Crippen molar-refractivity contribution in [3.63, 3.8) is 0 Å². The van der Waals surface area contributed by atoms with E-state index in [0.717, 1.165) is 22.2 Å². The van der Waals surface area contributed by atoms with E-state index in [1.54, 1.807) is 18.3 Å². The first-order valence-electron chi connectivity index (χ1n) is 9.96. The van der Waals surface area contributed by atoms with Gasteiger partial charge >= 0.3 is 6.09 Å². The Labute approximate surface area is 183 Å². The number of hydrogen-bond acceptors (Lipinski definition) is 5. The zero-order valence-corrected chi connectivity index (χ0v) is 17.4. The van der Waals surface area contributed by atoms with Crippen LogP contribution in [0.3, 0.4) is 0 Å². The van der Waals surface area contributed by atoms with Crippen LogP contribution in [0.2, 0.25) is 0 Å². The summed E-state index contributed by atoms with van der Waals surface area (Å²) in [7, 11) is 0. The molecule has 162 valence electrons. The van der Waals surface area contributed by atoms with Gasteiger partial charge in [-0.3, -0.25) is 9.36 Å². The summed E-state index contributed by atoms with van der Waals surface area (Å²) in [6.07, 6.45) is 0.462. The Morgan fingerprint density at radius 3 is 2.59 bits per heavy atom. The number of hydrogen-bond donors (Lipinski definition) is 4. The van der Waals surface area contributed by atoms with Crippen molar-refractivity contribution in [1.29, 1.82) is 0 Å². The fourth-order valence-electron chi connectivity index (χ4n) is 3.58. The molecule has 0 spiro atoms. The van der Waals surface area contributed by atoms with Crippen LogP contribution >= 0.6 is 0 Å². The Morgan fingerprint density at radius 1 is 1.09 bits per heavy atom. The Balaban J connectivity index is 1.76. The van der Waals surface area contributed by atoms with E-state index in [4.69, 9.17) is 10.8 Å². The number of aromatic nitrogens is 3. The number of fused-ring (bicyclic) bond motifs is 1. The predicted molar refractivity (Wildman–Crippen MR) is 121 cm³/mol. The monoisotopic (exact) mass is 430 g/mol. The molecule has 0 atom stereocenters. The number of nitrogens with two attached hydrogens (primary N) is 1. The minimum atomic E-state index is -1.13. The molecular formula is C23H22N6O3. The average molecular weight is 430 g/mol. The van der Waals surface area contributed by atoms with Crippen molar-refractivity contribution in [2.75, 3.05) is 5.32 Å². The van der Waals surface area contributed by atoms with Gasteiger partial charge in [-0.1, -0.05) is 36.4 Å². The van der Waals surface area contributed by atoms with Crippen LogP contribution in [0, 0.1) is 6.92 Å². The molecule has 4 rings (SSSR count). The number of carbonyl (C=O) groups is 2. The Morgan fingerprint density at radius 2 is 1.88 bits per heavy atom. The third-order valence-electron chi connectivity index (χ3n) is 5.08. The molecule has 4 aromatic rings. The van der Waals surface area contributed by atoms with Gasteiger partial charge in [0.25, 0.3) is 0 Å². The molecule has 5 N–H and O–H groups in total. The second-order valence-corrected chi connectivity index (χ2v) is 7.27. The number of anilines is 1. The fourth-order valence-corrected chi connectivity index (χ4v) is 3.58. The van der Waals surface area contributed by atoms with Gasteiger partial charge in [-0.25, -0.2) is 9.78 Å². The van der Waals surface area contributed by atoms with E-state index in [1.165, 1.54) is 0 Å². The lowest BCUT2D eigenvalue weighted by atomic mass is 10.1. The minimum Gasteiger partial charge on any atom is -0.465 e. The number of rotatable bonds is 7. The average Bonchev–Trinajstić information content (AvgIpc) is 3.12. The maximum absolute atomic E-state index is 11.8. The number of nitrogens with zero attached hydrogens (tertiary/aromatic N) is 3. The van der Waals surface area contributed by atoms with Gasteiger partial charge in [-0.2, -0.15) is 4.98 Å². The van der Waals surface area contributed by atoms with Crippen molar-refractivity contribution in [1.82, 2.24) is 19.9 Å². The van der Waals surface area contributed by atoms with Gasteiger partial charge in [0, 0.05) is 34.9 Å². The van der Waals surface area contributed by atoms with E-state index in [1.807, 2.05) is 54.0 Å². The third-order valence-corrected chi connectivity index (χ3v) is 5.08. The van der Waals surface area contributed by atoms with Crippen molar-refractivity contribution in [2.45, 2.75) is 20.0 Å². The van der Waals surface area contributed by atoms with Crippen molar-refractivity contribution < 1.29 is 14.7 Å². The summed E-state index contributed by atoms with van der Waals surface area (Å²) >= 11 is 0. The highest BCUT2D eigenvalue weighted by Gasteiger charge is 2.16. The highest BCUT2D eigenvalue weighted by atomic mass is 16.4. The van der Waals surface area contributed by atoms with Crippen LogP contribution < -0.4 is 16.4 Å². The number of carboxylic acid groups (broad SMARTS) is 1. The molecule has 0 saturated carbocycles.